The van der Waals surface area contributed by atoms with Crippen molar-refractivity contribution in [3.8, 4) is 0 Å². The lowest BCUT2D eigenvalue weighted by Crippen LogP contribution is -2.15. The van der Waals surface area contributed by atoms with Crippen LogP contribution >= 0.6 is 0 Å². The highest BCUT2D eigenvalue weighted by molar-refractivity contribution is 5.51. The van der Waals surface area contributed by atoms with Crippen LogP contribution in [0.25, 0.3) is 0 Å². The zero-order valence-corrected chi connectivity index (χ0v) is 11.4. The van der Waals surface area contributed by atoms with Crippen LogP contribution in [0.3, 0.4) is 0 Å². The summed E-state index contributed by atoms with van der Waals surface area (Å²) in [5, 5.41) is 10.7. The molecule has 2 rings (SSSR count). The second kappa shape index (κ2) is 5.56. The average Bonchev–Trinajstić information content (AvgIpc) is 2.78. The first-order valence-electron chi connectivity index (χ1n) is 6.05. The van der Waals surface area contributed by atoms with E-state index in [9.17, 15) is 10.1 Å². The molecule has 0 radical (unpaired) electrons. The number of allylic oxidation sites excluding steroid dienone is 1. The van der Waals surface area contributed by atoms with E-state index in [-0.39, 0.29) is 5.69 Å². The van der Waals surface area contributed by atoms with Gasteiger partial charge in [0.15, 0.2) is 0 Å². The second-order valence-electron chi connectivity index (χ2n) is 4.61. The Morgan fingerprint density at radius 3 is 2.90 bits per heavy atom. The summed E-state index contributed by atoms with van der Waals surface area (Å²) in [7, 11) is 0. The van der Waals surface area contributed by atoms with Crippen LogP contribution in [0.2, 0.25) is 0 Å². The van der Waals surface area contributed by atoms with Crippen LogP contribution in [0, 0.1) is 17.0 Å². The number of hydrogen-bond donors (Lipinski definition) is 0. The third-order valence-electron chi connectivity index (χ3n) is 2.71. The lowest BCUT2D eigenvalue weighted by atomic mass is 10.2. The standard InChI is InChI=1S/C14H15N3O3/c1-10(2)9-16-6-7-20-14(16)15-13-5-4-12(17(18)19)8-11(13)3/h4-8H,1,9H2,2-3H3. The summed E-state index contributed by atoms with van der Waals surface area (Å²) < 4.78 is 7.15. The molecule has 2 aromatic rings. The minimum atomic E-state index is -0.426. The van der Waals surface area contributed by atoms with Gasteiger partial charge in [0, 0.05) is 24.9 Å². The lowest BCUT2D eigenvalue weighted by molar-refractivity contribution is -0.384. The van der Waals surface area contributed by atoms with E-state index in [4.69, 9.17) is 4.42 Å². The lowest BCUT2D eigenvalue weighted by Gasteiger charge is -2.01. The van der Waals surface area contributed by atoms with Gasteiger partial charge in [0.2, 0.25) is 0 Å². The molecule has 0 spiro atoms. The maximum atomic E-state index is 10.7. The van der Waals surface area contributed by atoms with E-state index in [1.54, 1.807) is 25.5 Å². The molecule has 0 saturated heterocycles. The number of aromatic nitrogens is 1. The van der Waals surface area contributed by atoms with Crippen LogP contribution in [0.1, 0.15) is 12.5 Å². The molecule has 0 aliphatic rings. The minimum absolute atomic E-state index is 0.0516. The monoisotopic (exact) mass is 273 g/mol. The summed E-state index contributed by atoms with van der Waals surface area (Å²) in [6.45, 7) is 8.15. The van der Waals surface area contributed by atoms with Gasteiger partial charge in [-0.15, -0.1) is 0 Å². The number of benzene rings is 1. The second-order valence-corrected chi connectivity index (χ2v) is 4.61. The summed E-state index contributed by atoms with van der Waals surface area (Å²) in [5.74, 6) is 0. The van der Waals surface area contributed by atoms with Gasteiger partial charge in [-0.2, -0.15) is 4.99 Å². The largest absolute Gasteiger partial charge is 0.432 e. The Bertz CT molecular complexity index is 725. The van der Waals surface area contributed by atoms with Crippen molar-refractivity contribution < 1.29 is 9.34 Å². The third kappa shape index (κ3) is 3.03. The topological polar surface area (TPSA) is 73.6 Å². The maximum Gasteiger partial charge on any atom is 0.302 e. The highest BCUT2D eigenvalue weighted by Gasteiger charge is 2.08. The van der Waals surface area contributed by atoms with Crippen LogP contribution < -0.4 is 5.68 Å². The number of non-ortho nitro benzene ring substituents is 1. The summed E-state index contributed by atoms with van der Waals surface area (Å²) in [6, 6.07) is 4.53. The van der Waals surface area contributed by atoms with Crippen LogP contribution in [0.4, 0.5) is 11.4 Å². The molecule has 0 bridgehead atoms. The number of oxazole rings is 1. The molecular weight excluding hydrogens is 258 g/mol. The van der Waals surface area contributed by atoms with Gasteiger partial charge in [-0.05, 0) is 25.5 Å². The number of nitrogens with zero attached hydrogens (tertiary/aromatic N) is 3. The van der Waals surface area contributed by atoms with E-state index in [1.165, 1.54) is 12.1 Å². The van der Waals surface area contributed by atoms with E-state index < -0.39 is 4.92 Å². The van der Waals surface area contributed by atoms with Gasteiger partial charge in [0.25, 0.3) is 5.69 Å². The summed E-state index contributed by atoms with van der Waals surface area (Å²) in [4.78, 5) is 14.7. The summed E-state index contributed by atoms with van der Waals surface area (Å²) in [6.07, 6.45) is 3.32. The van der Waals surface area contributed by atoms with Gasteiger partial charge < -0.3 is 4.42 Å². The fourth-order valence-electron chi connectivity index (χ4n) is 1.78. The van der Waals surface area contributed by atoms with Gasteiger partial charge in [-0.1, -0.05) is 12.2 Å². The minimum Gasteiger partial charge on any atom is -0.432 e. The Labute approximate surface area is 115 Å². The van der Waals surface area contributed by atoms with Gasteiger partial charge in [0.1, 0.15) is 6.26 Å². The molecule has 0 amide bonds. The molecule has 1 aromatic heterocycles. The molecule has 104 valence electrons. The molecule has 0 N–H and O–H groups in total. The number of aryl methyl sites for hydroxylation is 1. The molecule has 0 saturated carbocycles. The Morgan fingerprint density at radius 1 is 1.55 bits per heavy atom. The number of rotatable bonds is 4. The van der Waals surface area contributed by atoms with E-state index in [2.05, 4.69) is 11.6 Å². The molecule has 0 aliphatic heterocycles. The van der Waals surface area contributed by atoms with Gasteiger partial charge >= 0.3 is 5.68 Å². The summed E-state index contributed by atoms with van der Waals surface area (Å²) in [5.41, 5.74) is 2.83. The van der Waals surface area contributed by atoms with Crippen LogP contribution in [0.15, 0.2) is 52.2 Å². The summed E-state index contributed by atoms with van der Waals surface area (Å²) >= 11 is 0. The molecule has 6 heteroatoms. The molecule has 0 aliphatic carbocycles. The van der Waals surface area contributed by atoms with Gasteiger partial charge in [0.05, 0.1) is 10.6 Å². The van der Waals surface area contributed by atoms with Crippen molar-refractivity contribution in [1.82, 2.24) is 4.57 Å². The molecule has 0 atom stereocenters. The fourth-order valence-corrected chi connectivity index (χ4v) is 1.78. The van der Waals surface area contributed by atoms with Crippen molar-refractivity contribution in [1.29, 1.82) is 0 Å². The molecule has 1 aromatic carbocycles. The van der Waals surface area contributed by atoms with Crippen LogP contribution in [-0.2, 0) is 6.54 Å². The molecular formula is C14H15N3O3. The van der Waals surface area contributed by atoms with Crippen molar-refractivity contribution in [2.24, 2.45) is 4.99 Å². The predicted molar refractivity (Wildman–Crippen MR) is 74.6 cm³/mol. The number of nitro benzene ring substituents is 1. The van der Waals surface area contributed by atoms with Crippen molar-refractivity contribution in [2.45, 2.75) is 20.4 Å². The van der Waals surface area contributed by atoms with Gasteiger partial charge in [-0.3, -0.25) is 14.7 Å². The Balaban J connectivity index is 2.43. The highest BCUT2D eigenvalue weighted by atomic mass is 16.6. The highest BCUT2D eigenvalue weighted by Crippen LogP contribution is 2.23. The number of hydrogen-bond acceptors (Lipinski definition) is 4. The molecule has 20 heavy (non-hydrogen) atoms. The number of nitro groups is 1. The van der Waals surface area contributed by atoms with Crippen molar-refractivity contribution >= 4 is 11.4 Å². The molecule has 0 fully saturated rings. The SMILES string of the molecule is C=C(C)Cn1ccoc1=Nc1ccc([N+](=O)[O-])cc1C. The first kappa shape index (κ1) is 13.8. The average molecular weight is 273 g/mol. The van der Waals surface area contributed by atoms with Crippen molar-refractivity contribution in [2.75, 3.05) is 0 Å². The van der Waals surface area contributed by atoms with Crippen LogP contribution in [-0.4, -0.2) is 9.49 Å². The molecule has 1 heterocycles. The predicted octanol–water partition coefficient (Wildman–Crippen LogP) is 3.11. The van der Waals surface area contributed by atoms with E-state index in [0.29, 0.717) is 17.9 Å². The molecule has 0 unspecified atom stereocenters. The van der Waals surface area contributed by atoms with Crippen molar-refractivity contribution in [3.05, 3.63) is 64.2 Å². The maximum absolute atomic E-state index is 10.7. The molecule has 6 nitrogen and oxygen atoms in total. The van der Waals surface area contributed by atoms with Crippen molar-refractivity contribution in [3.63, 3.8) is 0 Å². The van der Waals surface area contributed by atoms with Gasteiger partial charge in [-0.25, -0.2) is 0 Å². The zero-order chi connectivity index (χ0) is 14.7. The smallest absolute Gasteiger partial charge is 0.302 e. The zero-order valence-electron chi connectivity index (χ0n) is 11.4. The van der Waals surface area contributed by atoms with E-state index in [1.807, 2.05) is 11.5 Å². The third-order valence-corrected chi connectivity index (χ3v) is 2.71. The first-order valence-corrected chi connectivity index (χ1v) is 6.05. The Kier molecular flexibility index (Phi) is 3.84. The van der Waals surface area contributed by atoms with E-state index in [0.717, 1.165) is 11.1 Å². The van der Waals surface area contributed by atoms with Crippen LogP contribution in [0.5, 0.6) is 0 Å². The van der Waals surface area contributed by atoms with E-state index >= 15 is 0 Å². The first-order chi connectivity index (χ1) is 9.47. The fraction of sp³-hybridized carbons (Fsp3) is 0.214. The Hall–Kier alpha value is -2.63. The quantitative estimate of drug-likeness (QED) is 0.488. The Morgan fingerprint density at radius 2 is 2.30 bits per heavy atom. The normalized spacial score (nSPS) is 11.6.